The minimum Gasteiger partial charge on any atom is -0.316 e. The van der Waals surface area contributed by atoms with Gasteiger partial charge in [-0.15, -0.1) is 0 Å². The molecule has 1 nitrogen and oxygen atoms in total. The van der Waals surface area contributed by atoms with E-state index in [0.29, 0.717) is 0 Å². The number of hydrogen-bond acceptors (Lipinski definition) is 1. The highest BCUT2D eigenvalue weighted by Crippen LogP contribution is 2.39. The van der Waals surface area contributed by atoms with Crippen molar-refractivity contribution in [1.82, 2.24) is 5.32 Å². The zero-order chi connectivity index (χ0) is 14.4. The average Bonchev–Trinajstić information content (AvgIpc) is 2.49. The first kappa shape index (κ1) is 16.3. The van der Waals surface area contributed by atoms with Crippen LogP contribution in [0.25, 0.3) is 0 Å². The molecule has 0 bridgehead atoms. The molecule has 0 aromatic heterocycles. The van der Waals surface area contributed by atoms with Gasteiger partial charge in [0, 0.05) is 6.04 Å². The molecule has 0 aliphatic heterocycles. The van der Waals surface area contributed by atoms with Gasteiger partial charge < -0.3 is 5.32 Å². The summed E-state index contributed by atoms with van der Waals surface area (Å²) in [7, 11) is 2.21. The van der Waals surface area contributed by atoms with Crippen LogP contribution in [0, 0.1) is 23.7 Å². The number of nitrogens with one attached hydrogen (secondary N) is 1. The van der Waals surface area contributed by atoms with Crippen LogP contribution < -0.4 is 5.32 Å². The van der Waals surface area contributed by atoms with Gasteiger partial charge in [0.15, 0.2) is 0 Å². The largest absolute Gasteiger partial charge is 0.316 e. The van der Waals surface area contributed by atoms with Gasteiger partial charge in [0.25, 0.3) is 0 Å². The van der Waals surface area contributed by atoms with Crippen LogP contribution in [0.5, 0.6) is 0 Å². The molecule has 0 aromatic carbocycles. The third-order valence-corrected chi connectivity index (χ3v) is 6.27. The smallest absolute Gasteiger partial charge is 0.0121 e. The molecule has 2 fully saturated rings. The van der Waals surface area contributed by atoms with Crippen LogP contribution in [-0.4, -0.2) is 13.1 Å². The first-order valence-corrected chi connectivity index (χ1v) is 9.41. The molecule has 0 spiro atoms. The van der Waals surface area contributed by atoms with E-state index in [1.54, 1.807) is 0 Å². The predicted molar refractivity (Wildman–Crippen MR) is 88.9 cm³/mol. The normalized spacial score (nSPS) is 36.8. The van der Waals surface area contributed by atoms with Crippen molar-refractivity contribution in [1.29, 1.82) is 0 Å². The van der Waals surface area contributed by atoms with E-state index >= 15 is 0 Å². The lowest BCUT2D eigenvalue weighted by atomic mass is 9.70. The Bertz CT molecular complexity index is 246. The summed E-state index contributed by atoms with van der Waals surface area (Å²) in [6, 6.07) is 0.814. The highest BCUT2D eigenvalue weighted by Gasteiger charge is 2.33. The SMILES string of the molecule is CCCCC1CCC(C(NC)C2CCC(C)CC2)CC1. The van der Waals surface area contributed by atoms with E-state index < -0.39 is 0 Å². The highest BCUT2D eigenvalue weighted by molar-refractivity contribution is 4.88. The number of rotatable bonds is 6. The molecule has 1 heteroatoms. The van der Waals surface area contributed by atoms with Gasteiger partial charge in [-0.2, -0.15) is 0 Å². The molecule has 0 saturated heterocycles. The van der Waals surface area contributed by atoms with E-state index in [1.807, 2.05) is 0 Å². The van der Waals surface area contributed by atoms with E-state index in [2.05, 4.69) is 26.2 Å². The minimum absolute atomic E-state index is 0.814. The van der Waals surface area contributed by atoms with E-state index in [4.69, 9.17) is 0 Å². The van der Waals surface area contributed by atoms with Crippen molar-refractivity contribution < 1.29 is 0 Å². The summed E-state index contributed by atoms with van der Waals surface area (Å²) in [5.41, 5.74) is 0. The van der Waals surface area contributed by atoms with Crippen molar-refractivity contribution in [3.8, 4) is 0 Å². The monoisotopic (exact) mass is 279 g/mol. The summed E-state index contributed by atoms with van der Waals surface area (Å²) >= 11 is 0. The molecule has 0 heterocycles. The summed E-state index contributed by atoms with van der Waals surface area (Å²) < 4.78 is 0. The Morgan fingerprint density at radius 1 is 0.900 bits per heavy atom. The van der Waals surface area contributed by atoms with Gasteiger partial charge in [0.2, 0.25) is 0 Å². The summed E-state index contributed by atoms with van der Waals surface area (Å²) in [4.78, 5) is 0. The van der Waals surface area contributed by atoms with Crippen molar-refractivity contribution in [2.24, 2.45) is 23.7 Å². The first-order valence-electron chi connectivity index (χ1n) is 9.41. The topological polar surface area (TPSA) is 12.0 Å². The van der Waals surface area contributed by atoms with Crippen LogP contribution in [0.3, 0.4) is 0 Å². The second-order valence-corrected chi connectivity index (χ2v) is 7.76. The number of hydrogen-bond donors (Lipinski definition) is 1. The maximum Gasteiger partial charge on any atom is 0.0121 e. The maximum absolute atomic E-state index is 3.71. The molecular formula is C19H37N. The zero-order valence-electron chi connectivity index (χ0n) is 14.2. The molecule has 2 rings (SSSR count). The Morgan fingerprint density at radius 3 is 1.95 bits per heavy atom. The molecule has 1 unspecified atom stereocenters. The van der Waals surface area contributed by atoms with Crippen LogP contribution in [0.2, 0.25) is 0 Å². The summed E-state index contributed by atoms with van der Waals surface area (Å²) in [5.74, 6) is 3.97. The molecular weight excluding hydrogens is 242 g/mol. The second-order valence-electron chi connectivity index (χ2n) is 7.76. The van der Waals surface area contributed by atoms with Gasteiger partial charge in [0.05, 0.1) is 0 Å². The first-order chi connectivity index (χ1) is 9.74. The van der Waals surface area contributed by atoms with E-state index in [0.717, 1.165) is 29.7 Å². The van der Waals surface area contributed by atoms with Gasteiger partial charge in [-0.25, -0.2) is 0 Å². The predicted octanol–water partition coefficient (Wildman–Crippen LogP) is 5.40. The van der Waals surface area contributed by atoms with E-state index in [1.165, 1.54) is 70.6 Å². The fourth-order valence-electron chi connectivity index (χ4n) is 4.83. The average molecular weight is 280 g/mol. The van der Waals surface area contributed by atoms with Crippen molar-refractivity contribution in [2.45, 2.75) is 90.5 Å². The molecule has 0 radical (unpaired) electrons. The van der Waals surface area contributed by atoms with Crippen LogP contribution in [0.1, 0.15) is 84.5 Å². The quantitative estimate of drug-likeness (QED) is 0.686. The molecule has 20 heavy (non-hydrogen) atoms. The highest BCUT2D eigenvalue weighted by atomic mass is 14.9. The number of unbranched alkanes of at least 4 members (excludes halogenated alkanes) is 1. The zero-order valence-corrected chi connectivity index (χ0v) is 14.2. The summed E-state index contributed by atoms with van der Waals surface area (Å²) in [6.07, 6.45) is 16.2. The van der Waals surface area contributed by atoms with Crippen LogP contribution in [-0.2, 0) is 0 Å². The van der Waals surface area contributed by atoms with Crippen LogP contribution in [0.4, 0.5) is 0 Å². The standard InChI is InChI=1S/C19H37N/c1-4-5-6-16-9-13-18(14-10-16)19(20-3)17-11-7-15(2)8-12-17/h15-20H,4-14H2,1-3H3. The Morgan fingerprint density at radius 2 is 1.45 bits per heavy atom. The maximum atomic E-state index is 3.71. The fourth-order valence-corrected chi connectivity index (χ4v) is 4.83. The molecule has 118 valence electrons. The Labute approximate surface area is 127 Å². The molecule has 2 aliphatic carbocycles. The second kappa shape index (κ2) is 8.41. The van der Waals surface area contributed by atoms with Gasteiger partial charge >= 0.3 is 0 Å². The van der Waals surface area contributed by atoms with Gasteiger partial charge in [-0.1, -0.05) is 58.8 Å². The lowest BCUT2D eigenvalue weighted by Crippen LogP contribution is -2.43. The Hall–Kier alpha value is -0.0400. The van der Waals surface area contributed by atoms with E-state index in [-0.39, 0.29) is 0 Å². The Balaban J connectivity index is 1.78. The van der Waals surface area contributed by atoms with Crippen molar-refractivity contribution in [2.75, 3.05) is 7.05 Å². The molecule has 1 N–H and O–H groups in total. The third-order valence-electron chi connectivity index (χ3n) is 6.27. The third kappa shape index (κ3) is 4.48. The molecule has 1 atom stereocenters. The molecule has 2 saturated carbocycles. The lowest BCUT2D eigenvalue weighted by Gasteiger charge is -2.40. The molecule has 2 aliphatic rings. The van der Waals surface area contributed by atoms with Crippen LogP contribution >= 0.6 is 0 Å². The summed E-state index contributed by atoms with van der Waals surface area (Å²) in [5, 5.41) is 3.71. The molecule has 0 amide bonds. The Kier molecular flexibility index (Phi) is 6.87. The lowest BCUT2D eigenvalue weighted by molar-refractivity contribution is 0.143. The summed E-state index contributed by atoms with van der Waals surface area (Å²) in [6.45, 7) is 4.76. The fraction of sp³-hybridized carbons (Fsp3) is 1.00. The van der Waals surface area contributed by atoms with Crippen molar-refractivity contribution >= 4 is 0 Å². The van der Waals surface area contributed by atoms with Crippen LogP contribution in [0.15, 0.2) is 0 Å². The van der Waals surface area contributed by atoms with Crippen molar-refractivity contribution in [3.05, 3.63) is 0 Å². The van der Waals surface area contributed by atoms with Gasteiger partial charge in [-0.3, -0.25) is 0 Å². The van der Waals surface area contributed by atoms with Gasteiger partial charge in [-0.05, 0) is 56.4 Å². The minimum atomic E-state index is 0.814. The van der Waals surface area contributed by atoms with E-state index in [9.17, 15) is 0 Å². The van der Waals surface area contributed by atoms with Crippen molar-refractivity contribution in [3.63, 3.8) is 0 Å². The van der Waals surface area contributed by atoms with Gasteiger partial charge in [0.1, 0.15) is 0 Å². The molecule has 0 aromatic rings.